The number of aromatic nitrogens is 1. The Morgan fingerprint density at radius 1 is 1.26 bits per heavy atom. The molecule has 0 spiro atoms. The second-order valence-electron chi connectivity index (χ2n) is 10.4. The highest BCUT2D eigenvalue weighted by Crippen LogP contribution is 2.33. The van der Waals surface area contributed by atoms with E-state index in [0.717, 1.165) is 43.5 Å². The Hall–Kier alpha value is -2.78. The predicted molar refractivity (Wildman–Crippen MR) is 128 cm³/mol. The molecule has 1 aromatic heterocycles. The van der Waals surface area contributed by atoms with Crippen LogP contribution >= 0.6 is 0 Å². The number of amides is 1. The van der Waals surface area contributed by atoms with Gasteiger partial charge < -0.3 is 24.8 Å². The third-order valence-electron chi connectivity index (χ3n) is 6.15. The van der Waals surface area contributed by atoms with E-state index in [-0.39, 0.29) is 12.7 Å². The molecule has 1 aromatic carbocycles. The monoisotopic (exact) mass is 489 g/mol. The fourth-order valence-corrected chi connectivity index (χ4v) is 4.34. The van der Waals surface area contributed by atoms with Gasteiger partial charge in [0.05, 0.1) is 42.4 Å². The topological polar surface area (TPSA) is 83.9 Å². The summed E-state index contributed by atoms with van der Waals surface area (Å²) < 4.78 is 38.6. The molecule has 1 amide bonds. The van der Waals surface area contributed by atoms with Crippen molar-refractivity contribution in [3.63, 3.8) is 0 Å². The fraction of sp³-hybridized carbons (Fsp3) is 0.538. The minimum absolute atomic E-state index is 0.229. The summed E-state index contributed by atoms with van der Waals surface area (Å²) in [7, 11) is 0. The van der Waals surface area contributed by atoms with Crippen LogP contribution in [0.4, 0.5) is 19.3 Å². The molecule has 1 saturated heterocycles. The number of carbonyl (C=O) groups excluding carboxylic acids is 1. The van der Waals surface area contributed by atoms with E-state index in [1.165, 1.54) is 6.07 Å². The summed E-state index contributed by atoms with van der Waals surface area (Å²) in [5.41, 5.74) is 0.901. The number of halogens is 2. The second kappa shape index (κ2) is 10.1. The molecule has 1 saturated carbocycles. The van der Waals surface area contributed by atoms with Crippen molar-refractivity contribution in [1.29, 1.82) is 0 Å². The van der Waals surface area contributed by atoms with Crippen LogP contribution in [0.3, 0.4) is 0 Å². The van der Waals surface area contributed by atoms with Crippen molar-refractivity contribution >= 4 is 11.8 Å². The lowest BCUT2D eigenvalue weighted by Crippen LogP contribution is -2.62. The molecular weight excluding hydrogens is 456 g/mol. The predicted octanol–water partition coefficient (Wildman–Crippen LogP) is 4.56. The number of aliphatic hydroxyl groups is 1. The van der Waals surface area contributed by atoms with Crippen molar-refractivity contribution < 1.29 is 28.2 Å². The van der Waals surface area contributed by atoms with Crippen molar-refractivity contribution in [3.05, 3.63) is 47.7 Å². The van der Waals surface area contributed by atoms with Crippen molar-refractivity contribution in [3.8, 4) is 11.3 Å². The van der Waals surface area contributed by atoms with Gasteiger partial charge in [-0.25, -0.2) is 13.6 Å². The molecular formula is C26H33F2N3O4. The summed E-state index contributed by atoms with van der Waals surface area (Å²) in [6.07, 6.45) is 4.94. The summed E-state index contributed by atoms with van der Waals surface area (Å²) >= 11 is 0. The Kier molecular flexibility index (Phi) is 7.28. The van der Waals surface area contributed by atoms with Gasteiger partial charge in [-0.1, -0.05) is 0 Å². The highest BCUT2D eigenvalue weighted by molar-refractivity contribution is 5.69. The standard InChI is InChI=1S/C26H33F2N3O4/c1-25(2,3)35-24(33)30-26(16-34-19-6-7-19)9-4-10-31(15-26)23-13-29-22(12-18(23)14-32)17-5-8-20(27)21(28)11-17/h5,8,11-13,19,32H,4,6-7,9-10,14-16H2,1-3H3,(H,30,33). The summed E-state index contributed by atoms with van der Waals surface area (Å²) in [4.78, 5) is 19.2. The van der Waals surface area contributed by atoms with E-state index in [1.807, 2.05) is 20.8 Å². The normalized spacial score (nSPS) is 20.6. The molecule has 0 bridgehead atoms. The Labute approximate surface area is 204 Å². The maximum atomic E-state index is 13.7. The van der Waals surface area contributed by atoms with Gasteiger partial charge in [0.15, 0.2) is 11.6 Å². The lowest BCUT2D eigenvalue weighted by atomic mass is 9.89. The van der Waals surface area contributed by atoms with E-state index in [0.29, 0.717) is 36.5 Å². The summed E-state index contributed by atoms with van der Waals surface area (Å²) in [6.45, 7) is 6.74. The number of carbonyl (C=O) groups is 1. The van der Waals surface area contributed by atoms with E-state index in [4.69, 9.17) is 9.47 Å². The Balaban J connectivity index is 1.58. The van der Waals surface area contributed by atoms with Gasteiger partial charge in [0.2, 0.25) is 0 Å². The number of benzene rings is 1. The molecule has 4 rings (SSSR count). The Morgan fingerprint density at radius 2 is 2.03 bits per heavy atom. The zero-order chi connectivity index (χ0) is 25.2. The van der Waals surface area contributed by atoms with Crippen LogP contribution in [0, 0.1) is 11.6 Å². The van der Waals surface area contributed by atoms with Gasteiger partial charge in [0.25, 0.3) is 0 Å². The van der Waals surface area contributed by atoms with Gasteiger partial charge in [0.1, 0.15) is 5.60 Å². The van der Waals surface area contributed by atoms with E-state index < -0.39 is 28.9 Å². The largest absolute Gasteiger partial charge is 0.444 e. The highest BCUT2D eigenvalue weighted by atomic mass is 19.2. The molecule has 1 aliphatic carbocycles. The van der Waals surface area contributed by atoms with Gasteiger partial charge in [-0.3, -0.25) is 4.98 Å². The number of ether oxygens (including phenoxy) is 2. The first-order chi connectivity index (χ1) is 16.6. The molecule has 0 radical (unpaired) electrons. The number of piperidine rings is 1. The van der Waals surface area contributed by atoms with Crippen LogP contribution in [0.5, 0.6) is 0 Å². The minimum atomic E-state index is -0.955. The third kappa shape index (κ3) is 6.46. The number of hydrogen-bond acceptors (Lipinski definition) is 6. The zero-order valence-electron chi connectivity index (χ0n) is 20.4. The lowest BCUT2D eigenvalue weighted by molar-refractivity contribution is 0.0209. The van der Waals surface area contributed by atoms with Crippen LogP contribution in [0.2, 0.25) is 0 Å². The van der Waals surface area contributed by atoms with Crippen LogP contribution < -0.4 is 10.2 Å². The zero-order valence-corrected chi connectivity index (χ0v) is 20.4. The summed E-state index contributed by atoms with van der Waals surface area (Å²) in [6, 6.07) is 5.28. The number of alkyl carbamates (subject to hydrolysis) is 1. The number of hydrogen-bond donors (Lipinski definition) is 2. The number of aliphatic hydroxyl groups excluding tert-OH is 1. The van der Waals surface area contributed by atoms with E-state index in [2.05, 4.69) is 15.2 Å². The highest BCUT2D eigenvalue weighted by Gasteiger charge is 2.40. The first-order valence-electron chi connectivity index (χ1n) is 12.0. The van der Waals surface area contributed by atoms with E-state index >= 15 is 0 Å². The quantitative estimate of drug-likeness (QED) is 0.593. The smallest absolute Gasteiger partial charge is 0.408 e. The summed E-state index contributed by atoms with van der Waals surface area (Å²) in [5, 5.41) is 13.2. The number of nitrogens with one attached hydrogen (secondary N) is 1. The molecule has 2 heterocycles. The molecule has 1 atom stereocenters. The van der Waals surface area contributed by atoms with Crippen molar-refractivity contribution in [2.45, 2.75) is 70.3 Å². The molecule has 7 nitrogen and oxygen atoms in total. The molecule has 1 aliphatic heterocycles. The first kappa shape index (κ1) is 25.3. The Bertz CT molecular complexity index is 1070. The van der Waals surface area contributed by atoms with E-state index in [9.17, 15) is 18.7 Å². The molecule has 2 aromatic rings. The maximum absolute atomic E-state index is 13.7. The van der Waals surface area contributed by atoms with Crippen molar-refractivity contribution in [2.75, 3.05) is 24.6 Å². The molecule has 2 N–H and O–H groups in total. The van der Waals surface area contributed by atoms with Gasteiger partial charge >= 0.3 is 6.09 Å². The van der Waals surface area contributed by atoms with Crippen LogP contribution in [-0.2, 0) is 16.1 Å². The van der Waals surface area contributed by atoms with Crippen LogP contribution in [0.25, 0.3) is 11.3 Å². The van der Waals surface area contributed by atoms with E-state index in [1.54, 1.807) is 12.3 Å². The average Bonchev–Trinajstić information content (AvgIpc) is 3.63. The second-order valence-corrected chi connectivity index (χ2v) is 10.4. The van der Waals surface area contributed by atoms with Gasteiger partial charge in [0, 0.05) is 24.2 Å². The number of rotatable bonds is 7. The van der Waals surface area contributed by atoms with Gasteiger partial charge in [-0.15, -0.1) is 0 Å². The fourth-order valence-electron chi connectivity index (χ4n) is 4.34. The molecule has 2 fully saturated rings. The molecule has 1 unspecified atom stereocenters. The first-order valence-corrected chi connectivity index (χ1v) is 12.0. The number of pyridine rings is 1. The summed E-state index contributed by atoms with van der Waals surface area (Å²) in [5.74, 6) is -1.88. The SMILES string of the molecule is CC(C)(C)OC(=O)NC1(COC2CC2)CCCN(c2cnc(-c3ccc(F)c(F)c3)cc2CO)C1. The van der Waals surface area contributed by atoms with Crippen LogP contribution in [0.15, 0.2) is 30.5 Å². The third-order valence-corrected chi connectivity index (χ3v) is 6.15. The number of anilines is 1. The minimum Gasteiger partial charge on any atom is -0.444 e. The number of nitrogens with zero attached hydrogens (tertiary/aromatic N) is 2. The van der Waals surface area contributed by atoms with Gasteiger partial charge in [-0.2, -0.15) is 0 Å². The van der Waals surface area contributed by atoms with Crippen molar-refractivity contribution in [2.24, 2.45) is 0 Å². The molecule has 9 heteroatoms. The van der Waals surface area contributed by atoms with Crippen LogP contribution in [0.1, 0.15) is 52.0 Å². The average molecular weight is 490 g/mol. The Morgan fingerprint density at radius 3 is 2.69 bits per heavy atom. The molecule has 190 valence electrons. The maximum Gasteiger partial charge on any atom is 0.408 e. The van der Waals surface area contributed by atoms with Gasteiger partial charge in [-0.05, 0) is 70.7 Å². The molecule has 35 heavy (non-hydrogen) atoms. The lowest BCUT2D eigenvalue weighted by Gasteiger charge is -2.44. The van der Waals surface area contributed by atoms with Crippen LogP contribution in [-0.4, -0.2) is 53.1 Å². The van der Waals surface area contributed by atoms with Crippen molar-refractivity contribution in [1.82, 2.24) is 10.3 Å². The molecule has 2 aliphatic rings.